The molecule has 6 nitrogen and oxygen atoms in total. The SMILES string of the molecule is O=C1NC(=O)C(=Cc2ccc(OCc3cccc(Cl)c3)c(Cl)c2)C(=O)N1. The summed E-state index contributed by atoms with van der Waals surface area (Å²) in [5, 5.41) is 4.93. The number of carbonyl (C=O) groups is 3. The second-order valence-corrected chi connectivity index (χ2v) is 6.25. The topological polar surface area (TPSA) is 84.5 Å². The van der Waals surface area contributed by atoms with E-state index in [0.717, 1.165) is 5.56 Å². The maximum atomic E-state index is 11.7. The van der Waals surface area contributed by atoms with Crippen LogP contribution in [-0.2, 0) is 16.2 Å². The molecule has 1 fully saturated rings. The van der Waals surface area contributed by atoms with E-state index < -0.39 is 17.8 Å². The van der Waals surface area contributed by atoms with Crippen LogP contribution in [0.3, 0.4) is 0 Å². The minimum Gasteiger partial charge on any atom is -0.487 e. The number of carbonyl (C=O) groups excluding carboxylic acids is 3. The molecule has 132 valence electrons. The molecule has 1 heterocycles. The third-order valence-corrected chi connectivity index (χ3v) is 4.02. The van der Waals surface area contributed by atoms with Gasteiger partial charge in [0.15, 0.2) is 0 Å². The molecule has 2 aromatic carbocycles. The Hall–Kier alpha value is -2.83. The van der Waals surface area contributed by atoms with E-state index in [2.05, 4.69) is 0 Å². The second kappa shape index (κ2) is 7.59. The number of urea groups is 1. The standard InChI is InChI=1S/C18H12Cl2N2O4/c19-12-3-1-2-11(6-12)9-26-15-5-4-10(8-14(15)20)7-13-16(23)21-18(25)22-17(13)24/h1-8H,9H2,(H2,21,22,23,24,25). The highest BCUT2D eigenvalue weighted by Crippen LogP contribution is 2.27. The first kappa shape index (κ1) is 18.0. The Morgan fingerprint density at radius 1 is 0.962 bits per heavy atom. The van der Waals surface area contributed by atoms with Crippen molar-refractivity contribution in [2.45, 2.75) is 6.61 Å². The maximum Gasteiger partial charge on any atom is 0.328 e. The van der Waals surface area contributed by atoms with Gasteiger partial charge in [0.05, 0.1) is 5.02 Å². The number of ether oxygens (including phenoxy) is 1. The van der Waals surface area contributed by atoms with E-state index in [1.54, 1.807) is 30.3 Å². The largest absolute Gasteiger partial charge is 0.487 e. The van der Waals surface area contributed by atoms with Crippen molar-refractivity contribution in [1.82, 2.24) is 10.6 Å². The van der Waals surface area contributed by atoms with Gasteiger partial charge in [-0.05, 0) is 41.5 Å². The van der Waals surface area contributed by atoms with Crippen LogP contribution >= 0.6 is 23.2 Å². The van der Waals surface area contributed by atoms with Gasteiger partial charge in [-0.1, -0.05) is 41.4 Å². The Morgan fingerprint density at radius 3 is 2.35 bits per heavy atom. The summed E-state index contributed by atoms with van der Waals surface area (Å²) in [5.41, 5.74) is 1.22. The van der Waals surface area contributed by atoms with Crippen LogP contribution in [-0.4, -0.2) is 17.8 Å². The number of amides is 4. The second-order valence-electron chi connectivity index (χ2n) is 5.40. The molecule has 26 heavy (non-hydrogen) atoms. The molecule has 0 atom stereocenters. The van der Waals surface area contributed by atoms with Gasteiger partial charge in [0, 0.05) is 5.02 Å². The van der Waals surface area contributed by atoms with Crippen LogP contribution in [0.2, 0.25) is 10.0 Å². The van der Waals surface area contributed by atoms with E-state index in [-0.39, 0.29) is 12.2 Å². The van der Waals surface area contributed by atoms with Crippen LogP contribution < -0.4 is 15.4 Å². The predicted octanol–water partition coefficient (Wildman–Crippen LogP) is 3.32. The van der Waals surface area contributed by atoms with Crippen LogP contribution in [0.1, 0.15) is 11.1 Å². The fourth-order valence-electron chi connectivity index (χ4n) is 2.28. The van der Waals surface area contributed by atoms with E-state index in [1.165, 1.54) is 6.08 Å². The summed E-state index contributed by atoms with van der Waals surface area (Å²) in [5.74, 6) is -1.09. The van der Waals surface area contributed by atoms with E-state index >= 15 is 0 Å². The van der Waals surface area contributed by atoms with Crippen molar-refractivity contribution in [2.75, 3.05) is 0 Å². The summed E-state index contributed by atoms with van der Waals surface area (Å²) >= 11 is 12.1. The molecular formula is C18H12Cl2N2O4. The van der Waals surface area contributed by atoms with Crippen LogP contribution in [0, 0.1) is 0 Å². The zero-order valence-electron chi connectivity index (χ0n) is 13.2. The third-order valence-electron chi connectivity index (χ3n) is 3.49. The lowest BCUT2D eigenvalue weighted by Gasteiger charge is -2.14. The van der Waals surface area contributed by atoms with Crippen molar-refractivity contribution in [3.63, 3.8) is 0 Å². The number of barbiturate groups is 1. The summed E-state index contributed by atoms with van der Waals surface area (Å²) in [6, 6.07) is 11.2. The number of benzene rings is 2. The molecule has 0 spiro atoms. The molecule has 0 unspecified atom stereocenters. The maximum absolute atomic E-state index is 11.7. The van der Waals surface area contributed by atoms with Gasteiger partial charge in [-0.3, -0.25) is 20.2 Å². The van der Waals surface area contributed by atoms with Gasteiger partial charge in [0.2, 0.25) is 0 Å². The predicted molar refractivity (Wildman–Crippen MR) is 96.9 cm³/mol. The molecule has 2 aromatic rings. The summed E-state index contributed by atoms with van der Waals surface area (Å²) in [6.45, 7) is 0.285. The zero-order valence-corrected chi connectivity index (χ0v) is 14.7. The number of halogens is 2. The third kappa shape index (κ3) is 4.22. The minimum absolute atomic E-state index is 0.187. The van der Waals surface area contributed by atoms with Crippen molar-refractivity contribution in [2.24, 2.45) is 0 Å². The van der Waals surface area contributed by atoms with Gasteiger partial charge in [0.1, 0.15) is 17.9 Å². The van der Waals surface area contributed by atoms with Gasteiger partial charge in [0.25, 0.3) is 11.8 Å². The molecule has 0 radical (unpaired) electrons. The van der Waals surface area contributed by atoms with Crippen LogP contribution in [0.25, 0.3) is 6.08 Å². The number of hydrogen-bond acceptors (Lipinski definition) is 4. The van der Waals surface area contributed by atoms with E-state index in [4.69, 9.17) is 27.9 Å². The highest BCUT2D eigenvalue weighted by Gasteiger charge is 2.27. The Kier molecular flexibility index (Phi) is 5.25. The highest BCUT2D eigenvalue weighted by molar-refractivity contribution is 6.33. The molecule has 1 aliphatic rings. The lowest BCUT2D eigenvalue weighted by molar-refractivity contribution is -0.123. The van der Waals surface area contributed by atoms with E-state index in [1.807, 2.05) is 22.8 Å². The average Bonchev–Trinajstić information content (AvgIpc) is 2.57. The van der Waals surface area contributed by atoms with Gasteiger partial charge < -0.3 is 4.74 Å². The fourth-order valence-corrected chi connectivity index (χ4v) is 2.74. The summed E-state index contributed by atoms with van der Waals surface area (Å²) in [6.07, 6.45) is 1.34. The Morgan fingerprint density at radius 2 is 1.69 bits per heavy atom. The average molecular weight is 391 g/mol. The first-order valence-electron chi connectivity index (χ1n) is 7.47. The molecule has 0 bridgehead atoms. The van der Waals surface area contributed by atoms with Gasteiger partial charge >= 0.3 is 6.03 Å². The first-order valence-corrected chi connectivity index (χ1v) is 8.23. The number of imide groups is 2. The number of hydrogen-bond donors (Lipinski definition) is 2. The molecule has 3 rings (SSSR count). The van der Waals surface area contributed by atoms with Crippen molar-refractivity contribution >= 4 is 47.1 Å². The first-order chi connectivity index (χ1) is 12.4. The Labute approximate surface area is 158 Å². The Balaban J connectivity index is 1.75. The number of nitrogens with one attached hydrogen (secondary N) is 2. The molecule has 1 aliphatic heterocycles. The van der Waals surface area contributed by atoms with Gasteiger partial charge in [-0.15, -0.1) is 0 Å². The van der Waals surface area contributed by atoms with Crippen molar-refractivity contribution in [3.8, 4) is 5.75 Å². The fraction of sp³-hybridized carbons (Fsp3) is 0.0556. The van der Waals surface area contributed by atoms with Gasteiger partial charge in [-0.2, -0.15) is 0 Å². The summed E-state index contributed by atoms with van der Waals surface area (Å²) in [7, 11) is 0. The van der Waals surface area contributed by atoms with Crippen molar-refractivity contribution in [3.05, 3.63) is 69.2 Å². The number of rotatable bonds is 4. The van der Waals surface area contributed by atoms with Crippen LogP contribution in [0.4, 0.5) is 4.79 Å². The molecule has 0 aromatic heterocycles. The lowest BCUT2D eigenvalue weighted by atomic mass is 10.1. The van der Waals surface area contributed by atoms with Gasteiger partial charge in [-0.25, -0.2) is 4.79 Å². The molecule has 8 heteroatoms. The Bertz CT molecular complexity index is 919. The smallest absolute Gasteiger partial charge is 0.328 e. The molecule has 1 saturated heterocycles. The van der Waals surface area contributed by atoms with Crippen LogP contribution in [0.5, 0.6) is 5.75 Å². The molecule has 0 saturated carbocycles. The monoisotopic (exact) mass is 390 g/mol. The molecule has 4 amide bonds. The highest BCUT2D eigenvalue weighted by atomic mass is 35.5. The van der Waals surface area contributed by atoms with Crippen molar-refractivity contribution < 1.29 is 19.1 Å². The summed E-state index contributed by atoms with van der Waals surface area (Å²) < 4.78 is 5.66. The summed E-state index contributed by atoms with van der Waals surface area (Å²) in [4.78, 5) is 34.5. The quantitative estimate of drug-likeness (QED) is 0.619. The normalized spacial score (nSPS) is 13.9. The lowest BCUT2D eigenvalue weighted by Crippen LogP contribution is -2.51. The zero-order chi connectivity index (χ0) is 18.7. The molecular weight excluding hydrogens is 379 g/mol. The minimum atomic E-state index is -0.847. The van der Waals surface area contributed by atoms with E-state index in [0.29, 0.717) is 21.4 Å². The van der Waals surface area contributed by atoms with Crippen molar-refractivity contribution in [1.29, 1.82) is 0 Å². The molecule has 0 aliphatic carbocycles. The van der Waals surface area contributed by atoms with E-state index in [9.17, 15) is 14.4 Å². The molecule has 2 N–H and O–H groups in total. The van der Waals surface area contributed by atoms with Crippen LogP contribution in [0.15, 0.2) is 48.0 Å².